The fourth-order valence-corrected chi connectivity index (χ4v) is 1.87. The van der Waals surface area contributed by atoms with Crippen molar-refractivity contribution in [1.82, 2.24) is 4.90 Å². The maximum absolute atomic E-state index is 9.49. The van der Waals surface area contributed by atoms with E-state index in [9.17, 15) is 5.11 Å². The van der Waals surface area contributed by atoms with Crippen molar-refractivity contribution in [3.05, 3.63) is 0 Å². The van der Waals surface area contributed by atoms with Gasteiger partial charge in [-0.25, -0.2) is 0 Å². The van der Waals surface area contributed by atoms with E-state index < -0.39 is 0 Å². The van der Waals surface area contributed by atoms with E-state index in [1.54, 1.807) is 0 Å². The Kier molecular flexibility index (Phi) is 2.26. The number of hydrogen-bond acceptors (Lipinski definition) is 2. The molecular formula is C9H19NO. The first-order chi connectivity index (χ1) is 4.93. The van der Waals surface area contributed by atoms with Crippen LogP contribution in [0.2, 0.25) is 0 Å². The highest BCUT2D eigenvalue weighted by Gasteiger charge is 2.35. The zero-order valence-corrected chi connectivity index (χ0v) is 7.96. The molecular weight excluding hydrogens is 138 g/mol. The Morgan fingerprint density at radius 3 is 2.09 bits per heavy atom. The highest BCUT2D eigenvalue weighted by molar-refractivity contribution is 4.90. The van der Waals surface area contributed by atoms with Crippen molar-refractivity contribution in [2.75, 3.05) is 6.54 Å². The SMILES string of the molecule is C[C@H]1[C@H](O)CCN1C(C)(C)C. The van der Waals surface area contributed by atoms with E-state index >= 15 is 0 Å². The summed E-state index contributed by atoms with van der Waals surface area (Å²) >= 11 is 0. The van der Waals surface area contributed by atoms with Gasteiger partial charge < -0.3 is 5.11 Å². The van der Waals surface area contributed by atoms with Gasteiger partial charge in [-0.05, 0) is 34.1 Å². The molecule has 0 saturated carbocycles. The van der Waals surface area contributed by atoms with Crippen molar-refractivity contribution in [2.24, 2.45) is 0 Å². The molecule has 1 rings (SSSR count). The topological polar surface area (TPSA) is 23.5 Å². The van der Waals surface area contributed by atoms with Crippen molar-refractivity contribution in [1.29, 1.82) is 0 Å². The van der Waals surface area contributed by atoms with E-state index in [4.69, 9.17) is 0 Å². The minimum atomic E-state index is -0.116. The van der Waals surface area contributed by atoms with Crippen LogP contribution in [0, 0.1) is 0 Å². The Morgan fingerprint density at radius 1 is 1.36 bits per heavy atom. The number of likely N-dealkylation sites (tertiary alicyclic amines) is 1. The summed E-state index contributed by atoms with van der Waals surface area (Å²) in [4.78, 5) is 2.36. The Balaban J connectivity index is 2.62. The molecule has 0 aromatic rings. The number of aliphatic hydroxyl groups excluding tert-OH is 1. The van der Waals surface area contributed by atoms with Crippen molar-refractivity contribution in [3.8, 4) is 0 Å². The van der Waals surface area contributed by atoms with Crippen LogP contribution in [-0.4, -0.2) is 34.2 Å². The van der Waals surface area contributed by atoms with Gasteiger partial charge in [0, 0.05) is 18.1 Å². The average molecular weight is 157 g/mol. The summed E-state index contributed by atoms with van der Waals surface area (Å²) in [5.74, 6) is 0. The van der Waals surface area contributed by atoms with Crippen LogP contribution in [0.1, 0.15) is 34.1 Å². The lowest BCUT2D eigenvalue weighted by molar-refractivity contribution is 0.0743. The van der Waals surface area contributed by atoms with Gasteiger partial charge in [-0.1, -0.05) is 0 Å². The Labute approximate surface area is 69.2 Å². The molecule has 1 aliphatic heterocycles. The van der Waals surface area contributed by atoms with Crippen LogP contribution in [-0.2, 0) is 0 Å². The van der Waals surface area contributed by atoms with Gasteiger partial charge in [-0.2, -0.15) is 0 Å². The van der Waals surface area contributed by atoms with E-state index in [0.717, 1.165) is 13.0 Å². The molecule has 0 spiro atoms. The predicted octanol–water partition coefficient (Wildman–Crippen LogP) is 1.24. The Morgan fingerprint density at radius 2 is 1.91 bits per heavy atom. The van der Waals surface area contributed by atoms with Crippen LogP contribution in [0.5, 0.6) is 0 Å². The molecule has 1 aliphatic rings. The van der Waals surface area contributed by atoms with Gasteiger partial charge >= 0.3 is 0 Å². The molecule has 2 nitrogen and oxygen atoms in total. The average Bonchev–Trinajstić information content (AvgIpc) is 2.11. The molecule has 2 atom stereocenters. The molecule has 1 saturated heterocycles. The highest BCUT2D eigenvalue weighted by atomic mass is 16.3. The number of rotatable bonds is 0. The molecule has 0 amide bonds. The third-order valence-electron chi connectivity index (χ3n) is 2.58. The lowest BCUT2D eigenvalue weighted by atomic mass is 10.1. The van der Waals surface area contributed by atoms with E-state index in [2.05, 4.69) is 32.6 Å². The van der Waals surface area contributed by atoms with Gasteiger partial charge in [0.25, 0.3) is 0 Å². The molecule has 66 valence electrons. The van der Waals surface area contributed by atoms with Crippen LogP contribution >= 0.6 is 0 Å². The Bertz CT molecular complexity index is 139. The summed E-state index contributed by atoms with van der Waals surface area (Å²) in [6.07, 6.45) is 0.813. The molecule has 1 N–H and O–H groups in total. The molecule has 0 unspecified atom stereocenters. The maximum Gasteiger partial charge on any atom is 0.0705 e. The monoisotopic (exact) mass is 157 g/mol. The molecule has 1 heterocycles. The molecule has 0 bridgehead atoms. The van der Waals surface area contributed by atoms with Crippen molar-refractivity contribution in [3.63, 3.8) is 0 Å². The second-order valence-electron chi connectivity index (χ2n) is 4.46. The second-order valence-corrected chi connectivity index (χ2v) is 4.46. The molecule has 1 fully saturated rings. The predicted molar refractivity (Wildman–Crippen MR) is 46.5 cm³/mol. The first-order valence-corrected chi connectivity index (χ1v) is 4.38. The van der Waals surface area contributed by atoms with E-state index in [1.807, 2.05) is 0 Å². The lowest BCUT2D eigenvalue weighted by Crippen LogP contribution is -2.45. The largest absolute Gasteiger partial charge is 0.391 e. The third-order valence-corrected chi connectivity index (χ3v) is 2.58. The summed E-state index contributed by atoms with van der Waals surface area (Å²) in [6.45, 7) is 9.72. The van der Waals surface area contributed by atoms with Crippen LogP contribution in [0.15, 0.2) is 0 Å². The number of nitrogens with zero attached hydrogens (tertiary/aromatic N) is 1. The third kappa shape index (κ3) is 1.74. The molecule has 0 radical (unpaired) electrons. The first kappa shape index (κ1) is 9.01. The van der Waals surface area contributed by atoms with E-state index in [-0.39, 0.29) is 11.6 Å². The molecule has 11 heavy (non-hydrogen) atoms. The van der Waals surface area contributed by atoms with Gasteiger partial charge in [-0.15, -0.1) is 0 Å². The summed E-state index contributed by atoms with van der Waals surface area (Å²) in [5.41, 5.74) is 0.205. The Hall–Kier alpha value is -0.0800. The highest BCUT2D eigenvalue weighted by Crippen LogP contribution is 2.25. The zero-order valence-electron chi connectivity index (χ0n) is 7.96. The van der Waals surface area contributed by atoms with Gasteiger partial charge in [0.1, 0.15) is 0 Å². The van der Waals surface area contributed by atoms with E-state index in [0.29, 0.717) is 6.04 Å². The summed E-state index contributed by atoms with van der Waals surface area (Å²) in [6, 6.07) is 0.329. The van der Waals surface area contributed by atoms with Crippen molar-refractivity contribution >= 4 is 0 Å². The summed E-state index contributed by atoms with van der Waals surface area (Å²) in [5, 5.41) is 9.49. The van der Waals surface area contributed by atoms with Crippen LogP contribution in [0.4, 0.5) is 0 Å². The minimum absolute atomic E-state index is 0.116. The van der Waals surface area contributed by atoms with Gasteiger partial charge in [0.15, 0.2) is 0 Å². The van der Waals surface area contributed by atoms with Gasteiger partial charge in [-0.3, -0.25) is 4.90 Å². The van der Waals surface area contributed by atoms with Crippen molar-refractivity contribution < 1.29 is 5.11 Å². The lowest BCUT2D eigenvalue weighted by Gasteiger charge is -2.35. The van der Waals surface area contributed by atoms with E-state index in [1.165, 1.54) is 0 Å². The molecule has 0 aromatic carbocycles. The first-order valence-electron chi connectivity index (χ1n) is 4.38. The van der Waals surface area contributed by atoms with Crippen LogP contribution in [0.3, 0.4) is 0 Å². The minimum Gasteiger partial charge on any atom is -0.391 e. The maximum atomic E-state index is 9.49. The summed E-state index contributed by atoms with van der Waals surface area (Å²) in [7, 11) is 0. The summed E-state index contributed by atoms with van der Waals surface area (Å²) < 4.78 is 0. The van der Waals surface area contributed by atoms with Gasteiger partial charge in [0.2, 0.25) is 0 Å². The standard InChI is InChI=1S/C9H19NO/c1-7-8(11)5-6-10(7)9(2,3)4/h7-8,11H,5-6H2,1-4H3/t7-,8+/m0/s1. The van der Waals surface area contributed by atoms with Crippen molar-refractivity contribution in [2.45, 2.75) is 51.8 Å². The molecule has 0 aliphatic carbocycles. The second kappa shape index (κ2) is 2.76. The fraction of sp³-hybridized carbons (Fsp3) is 1.00. The van der Waals surface area contributed by atoms with Gasteiger partial charge in [0.05, 0.1) is 6.10 Å². The number of aliphatic hydroxyl groups is 1. The zero-order chi connectivity index (χ0) is 8.65. The fourth-order valence-electron chi connectivity index (χ4n) is 1.87. The van der Waals surface area contributed by atoms with Crippen LogP contribution < -0.4 is 0 Å². The van der Waals surface area contributed by atoms with Crippen LogP contribution in [0.25, 0.3) is 0 Å². The normalized spacial score (nSPS) is 34.6. The smallest absolute Gasteiger partial charge is 0.0705 e. The quantitative estimate of drug-likeness (QED) is 0.572. The molecule has 2 heteroatoms. The number of hydrogen-bond donors (Lipinski definition) is 1. The molecule has 0 aromatic heterocycles.